The SMILES string of the molecule is CC(=O)C(Cl)c1ccc(S(C)(=O)=O)cc1. The predicted octanol–water partition coefficient (Wildman–Crippen LogP) is 1.96. The molecule has 3 nitrogen and oxygen atoms in total. The van der Waals surface area contributed by atoms with Gasteiger partial charge in [0.05, 0.1) is 4.90 Å². The smallest absolute Gasteiger partial charge is 0.175 e. The third-order valence-electron chi connectivity index (χ3n) is 1.96. The number of benzene rings is 1. The van der Waals surface area contributed by atoms with Crippen LogP contribution in [0.15, 0.2) is 29.2 Å². The average molecular weight is 247 g/mol. The Morgan fingerprint density at radius 3 is 2.07 bits per heavy atom. The Hall–Kier alpha value is -0.870. The van der Waals surface area contributed by atoms with Gasteiger partial charge in [0.1, 0.15) is 5.38 Å². The second kappa shape index (κ2) is 4.33. The molecule has 0 spiro atoms. The van der Waals surface area contributed by atoms with Crippen molar-refractivity contribution in [1.29, 1.82) is 0 Å². The summed E-state index contributed by atoms with van der Waals surface area (Å²) in [6.45, 7) is 1.39. The Labute approximate surface area is 94.0 Å². The fourth-order valence-corrected chi connectivity index (χ4v) is 1.89. The first-order valence-corrected chi connectivity index (χ1v) is 6.59. The Kier molecular flexibility index (Phi) is 3.52. The number of ketones is 1. The molecule has 0 saturated heterocycles. The standard InChI is InChI=1S/C10H11ClO3S/c1-7(12)10(11)8-3-5-9(6-4-8)15(2,13)14/h3-6,10H,1-2H3. The summed E-state index contributed by atoms with van der Waals surface area (Å²) in [6.07, 6.45) is 1.13. The maximum Gasteiger partial charge on any atom is 0.175 e. The topological polar surface area (TPSA) is 51.2 Å². The van der Waals surface area contributed by atoms with Crippen molar-refractivity contribution in [3.63, 3.8) is 0 Å². The van der Waals surface area contributed by atoms with Gasteiger partial charge in [0, 0.05) is 6.26 Å². The van der Waals surface area contributed by atoms with E-state index in [0.29, 0.717) is 5.56 Å². The second-order valence-electron chi connectivity index (χ2n) is 3.31. The molecule has 1 rings (SSSR count). The molecule has 0 bridgehead atoms. The van der Waals surface area contributed by atoms with Crippen LogP contribution in [0.5, 0.6) is 0 Å². The van der Waals surface area contributed by atoms with Crippen LogP contribution in [0.3, 0.4) is 0 Å². The zero-order chi connectivity index (χ0) is 11.6. The van der Waals surface area contributed by atoms with Crippen molar-refractivity contribution in [2.75, 3.05) is 6.26 Å². The Bertz CT molecular complexity index is 462. The number of alkyl halides is 1. The molecule has 1 atom stereocenters. The van der Waals surface area contributed by atoms with Gasteiger partial charge in [0.15, 0.2) is 15.6 Å². The Morgan fingerprint density at radius 2 is 1.73 bits per heavy atom. The van der Waals surface area contributed by atoms with Gasteiger partial charge in [-0.15, -0.1) is 11.6 Å². The highest BCUT2D eigenvalue weighted by atomic mass is 35.5. The zero-order valence-corrected chi connectivity index (χ0v) is 9.97. The van der Waals surface area contributed by atoms with Gasteiger partial charge in [-0.2, -0.15) is 0 Å². The summed E-state index contributed by atoms with van der Waals surface area (Å²) in [7, 11) is -3.19. The van der Waals surface area contributed by atoms with Crippen LogP contribution in [-0.2, 0) is 14.6 Å². The van der Waals surface area contributed by atoms with Crippen molar-refractivity contribution >= 4 is 27.2 Å². The van der Waals surface area contributed by atoms with E-state index in [1.165, 1.54) is 19.1 Å². The minimum atomic E-state index is -3.19. The molecule has 5 heteroatoms. The molecule has 0 saturated carbocycles. The predicted molar refractivity (Wildman–Crippen MR) is 58.8 cm³/mol. The molecule has 0 fully saturated rings. The molecule has 0 N–H and O–H groups in total. The van der Waals surface area contributed by atoms with Gasteiger partial charge in [0.25, 0.3) is 0 Å². The fourth-order valence-electron chi connectivity index (χ4n) is 1.12. The van der Waals surface area contributed by atoms with Gasteiger partial charge < -0.3 is 0 Å². The van der Waals surface area contributed by atoms with Crippen LogP contribution in [0.2, 0.25) is 0 Å². The molecule has 15 heavy (non-hydrogen) atoms. The summed E-state index contributed by atoms with van der Waals surface area (Å²) < 4.78 is 22.3. The lowest BCUT2D eigenvalue weighted by Gasteiger charge is -2.06. The van der Waals surface area contributed by atoms with E-state index >= 15 is 0 Å². The maximum absolute atomic E-state index is 11.1. The van der Waals surface area contributed by atoms with Crippen molar-refractivity contribution in [3.05, 3.63) is 29.8 Å². The van der Waals surface area contributed by atoms with Gasteiger partial charge in [-0.25, -0.2) is 8.42 Å². The van der Waals surface area contributed by atoms with E-state index in [0.717, 1.165) is 6.26 Å². The lowest BCUT2D eigenvalue weighted by atomic mass is 10.1. The van der Waals surface area contributed by atoms with E-state index < -0.39 is 15.2 Å². The first kappa shape index (κ1) is 12.2. The highest BCUT2D eigenvalue weighted by Crippen LogP contribution is 2.22. The molecule has 1 aromatic rings. The fraction of sp³-hybridized carbons (Fsp3) is 0.300. The summed E-state index contributed by atoms with van der Waals surface area (Å²) >= 11 is 5.81. The van der Waals surface area contributed by atoms with E-state index in [4.69, 9.17) is 11.6 Å². The van der Waals surface area contributed by atoms with E-state index in [1.54, 1.807) is 12.1 Å². The van der Waals surface area contributed by atoms with Crippen LogP contribution in [0.1, 0.15) is 17.9 Å². The van der Waals surface area contributed by atoms with Crippen LogP contribution < -0.4 is 0 Å². The summed E-state index contributed by atoms with van der Waals surface area (Å²) in [5.74, 6) is -0.163. The third-order valence-corrected chi connectivity index (χ3v) is 3.65. The van der Waals surface area contributed by atoms with Crippen molar-refractivity contribution in [1.82, 2.24) is 0 Å². The van der Waals surface area contributed by atoms with Gasteiger partial charge >= 0.3 is 0 Å². The molecule has 1 aromatic carbocycles. The van der Waals surface area contributed by atoms with Crippen LogP contribution in [0, 0.1) is 0 Å². The number of halogens is 1. The quantitative estimate of drug-likeness (QED) is 0.766. The highest BCUT2D eigenvalue weighted by molar-refractivity contribution is 7.90. The zero-order valence-electron chi connectivity index (χ0n) is 8.40. The monoisotopic (exact) mass is 246 g/mol. The molecule has 0 heterocycles. The van der Waals surface area contributed by atoms with Crippen LogP contribution >= 0.6 is 11.6 Å². The first-order valence-electron chi connectivity index (χ1n) is 4.27. The van der Waals surface area contributed by atoms with E-state index in [9.17, 15) is 13.2 Å². The number of carbonyl (C=O) groups is 1. The molecular weight excluding hydrogens is 236 g/mol. The molecular formula is C10H11ClO3S. The van der Waals surface area contributed by atoms with E-state index in [1.807, 2.05) is 0 Å². The second-order valence-corrected chi connectivity index (χ2v) is 5.77. The first-order chi connectivity index (χ1) is 6.82. The Balaban J connectivity index is 3.06. The van der Waals surface area contributed by atoms with Gasteiger partial charge in [-0.3, -0.25) is 4.79 Å². The van der Waals surface area contributed by atoms with Crippen molar-refractivity contribution in [2.24, 2.45) is 0 Å². The van der Waals surface area contributed by atoms with Crippen LogP contribution in [0.4, 0.5) is 0 Å². The summed E-state index contributed by atoms with van der Waals surface area (Å²) in [4.78, 5) is 11.2. The summed E-state index contributed by atoms with van der Waals surface area (Å²) in [5, 5.41) is -0.710. The highest BCUT2D eigenvalue weighted by Gasteiger charge is 2.14. The molecule has 0 aliphatic carbocycles. The average Bonchev–Trinajstić information content (AvgIpc) is 2.15. The number of rotatable bonds is 3. The maximum atomic E-state index is 11.1. The number of sulfone groups is 1. The minimum absolute atomic E-state index is 0.163. The number of Topliss-reactive ketones (excluding diaryl/α,β-unsaturated/α-hetero) is 1. The van der Waals surface area contributed by atoms with E-state index in [-0.39, 0.29) is 10.7 Å². The molecule has 1 unspecified atom stereocenters. The number of carbonyl (C=O) groups excluding carboxylic acids is 1. The van der Waals surface area contributed by atoms with E-state index in [2.05, 4.69) is 0 Å². The van der Waals surface area contributed by atoms with Crippen molar-refractivity contribution in [3.8, 4) is 0 Å². The molecule has 0 aliphatic rings. The lowest BCUT2D eigenvalue weighted by Crippen LogP contribution is -2.02. The normalized spacial score (nSPS) is 13.5. The van der Waals surface area contributed by atoms with Crippen LogP contribution in [-0.4, -0.2) is 20.5 Å². The van der Waals surface area contributed by atoms with Crippen LogP contribution in [0.25, 0.3) is 0 Å². The summed E-state index contributed by atoms with van der Waals surface area (Å²) in [6, 6.07) is 6.00. The molecule has 0 amide bonds. The molecule has 0 radical (unpaired) electrons. The van der Waals surface area contributed by atoms with Crippen molar-refractivity contribution < 1.29 is 13.2 Å². The van der Waals surface area contributed by atoms with Gasteiger partial charge in [-0.05, 0) is 24.6 Å². The third kappa shape index (κ3) is 3.04. The molecule has 0 aromatic heterocycles. The van der Waals surface area contributed by atoms with Gasteiger partial charge in [-0.1, -0.05) is 12.1 Å². The number of hydrogen-bond donors (Lipinski definition) is 0. The summed E-state index contributed by atoms with van der Waals surface area (Å²) in [5.41, 5.74) is 0.608. The van der Waals surface area contributed by atoms with Crippen molar-refractivity contribution in [2.45, 2.75) is 17.2 Å². The number of hydrogen-bond acceptors (Lipinski definition) is 3. The lowest BCUT2D eigenvalue weighted by molar-refractivity contribution is -0.116. The molecule has 82 valence electrons. The van der Waals surface area contributed by atoms with Gasteiger partial charge in [0.2, 0.25) is 0 Å². The Morgan fingerprint density at radius 1 is 1.27 bits per heavy atom. The largest absolute Gasteiger partial charge is 0.298 e. The minimum Gasteiger partial charge on any atom is -0.298 e. The molecule has 0 aliphatic heterocycles.